The fourth-order valence-corrected chi connectivity index (χ4v) is 3.61. The Hall–Kier alpha value is -2.54. The fourth-order valence-electron chi connectivity index (χ4n) is 2.67. The number of amides is 1. The zero-order valence-electron chi connectivity index (χ0n) is 15.1. The van der Waals surface area contributed by atoms with E-state index in [0.717, 1.165) is 28.9 Å². The number of pyridine rings is 1. The van der Waals surface area contributed by atoms with Gasteiger partial charge in [-0.15, -0.1) is 11.3 Å². The van der Waals surface area contributed by atoms with Gasteiger partial charge < -0.3 is 10.2 Å². The first kappa shape index (κ1) is 18.3. The molecule has 7 heteroatoms. The van der Waals surface area contributed by atoms with Crippen LogP contribution in [0.3, 0.4) is 0 Å². The van der Waals surface area contributed by atoms with Gasteiger partial charge in [0.05, 0.1) is 5.39 Å². The smallest absolute Gasteiger partial charge is 0.224 e. The van der Waals surface area contributed by atoms with Crippen LogP contribution in [0.15, 0.2) is 36.9 Å². The van der Waals surface area contributed by atoms with Crippen molar-refractivity contribution >= 4 is 33.3 Å². The third-order valence-corrected chi connectivity index (χ3v) is 5.46. The quantitative estimate of drug-likeness (QED) is 0.660. The minimum absolute atomic E-state index is 0.122. The highest BCUT2D eigenvalue weighted by atomic mass is 32.1. The van der Waals surface area contributed by atoms with Crippen molar-refractivity contribution in [1.82, 2.24) is 19.9 Å². The molecule has 0 aliphatic rings. The summed E-state index contributed by atoms with van der Waals surface area (Å²) in [5.74, 6) is 0.926. The number of aromatic nitrogens is 3. The molecule has 0 aliphatic carbocycles. The van der Waals surface area contributed by atoms with Gasteiger partial charge in [-0.1, -0.05) is 6.92 Å². The van der Waals surface area contributed by atoms with Gasteiger partial charge in [-0.3, -0.25) is 9.78 Å². The summed E-state index contributed by atoms with van der Waals surface area (Å²) in [6.45, 7) is 3.39. The molecular formula is C19H23N5OS. The molecule has 0 radical (unpaired) electrons. The summed E-state index contributed by atoms with van der Waals surface area (Å²) in [7, 11) is 1.85. The molecule has 1 N–H and O–H groups in total. The first-order valence-corrected chi connectivity index (χ1v) is 9.59. The molecule has 0 atom stereocenters. The van der Waals surface area contributed by atoms with Gasteiger partial charge >= 0.3 is 0 Å². The molecule has 6 nitrogen and oxygen atoms in total. The van der Waals surface area contributed by atoms with Gasteiger partial charge in [0.15, 0.2) is 0 Å². The zero-order valence-corrected chi connectivity index (χ0v) is 15.9. The Morgan fingerprint density at radius 3 is 2.85 bits per heavy atom. The van der Waals surface area contributed by atoms with Crippen LogP contribution in [-0.2, 0) is 17.6 Å². The van der Waals surface area contributed by atoms with E-state index < -0.39 is 0 Å². The van der Waals surface area contributed by atoms with Crippen LogP contribution in [0.25, 0.3) is 10.2 Å². The SMILES string of the molecule is CCc1cc2c(NCCC(=O)N(C)CCc3ccncc3)ncnc2s1. The Morgan fingerprint density at radius 1 is 1.27 bits per heavy atom. The highest BCUT2D eigenvalue weighted by Gasteiger charge is 2.11. The minimum atomic E-state index is 0.122. The summed E-state index contributed by atoms with van der Waals surface area (Å²) < 4.78 is 0. The Kier molecular flexibility index (Phi) is 6.12. The van der Waals surface area contributed by atoms with Crippen LogP contribution in [0.4, 0.5) is 5.82 Å². The predicted octanol–water partition coefficient (Wildman–Crippen LogP) is 3.15. The maximum absolute atomic E-state index is 12.3. The first-order valence-electron chi connectivity index (χ1n) is 8.77. The number of anilines is 1. The Bertz CT molecular complexity index is 865. The molecule has 0 fully saturated rings. The lowest BCUT2D eigenvalue weighted by Gasteiger charge is -2.17. The van der Waals surface area contributed by atoms with Crippen LogP contribution in [0, 0.1) is 0 Å². The van der Waals surface area contributed by atoms with E-state index in [1.165, 1.54) is 10.4 Å². The van der Waals surface area contributed by atoms with Crippen molar-refractivity contribution in [1.29, 1.82) is 0 Å². The molecular weight excluding hydrogens is 346 g/mol. The van der Waals surface area contributed by atoms with Crippen molar-refractivity contribution in [2.45, 2.75) is 26.2 Å². The number of hydrogen-bond donors (Lipinski definition) is 1. The second-order valence-electron chi connectivity index (χ2n) is 6.10. The van der Waals surface area contributed by atoms with Crippen molar-refractivity contribution in [3.05, 3.63) is 47.4 Å². The summed E-state index contributed by atoms with van der Waals surface area (Å²) in [6.07, 6.45) is 7.38. The Balaban J connectivity index is 1.49. The van der Waals surface area contributed by atoms with Gasteiger partial charge in [-0.05, 0) is 36.6 Å². The summed E-state index contributed by atoms with van der Waals surface area (Å²) in [5, 5.41) is 4.32. The zero-order chi connectivity index (χ0) is 18.4. The largest absolute Gasteiger partial charge is 0.369 e. The van der Waals surface area contributed by atoms with Crippen molar-refractivity contribution in [3.63, 3.8) is 0 Å². The number of nitrogens with one attached hydrogen (secondary N) is 1. The van der Waals surface area contributed by atoms with Gasteiger partial charge in [0.1, 0.15) is 17.0 Å². The van der Waals surface area contributed by atoms with E-state index in [1.807, 2.05) is 19.2 Å². The number of nitrogens with zero attached hydrogens (tertiary/aromatic N) is 4. The summed E-state index contributed by atoms with van der Waals surface area (Å²) >= 11 is 1.69. The van der Waals surface area contributed by atoms with Crippen molar-refractivity contribution in [2.75, 3.05) is 25.5 Å². The molecule has 0 aromatic carbocycles. The molecule has 0 aliphatic heterocycles. The van der Waals surface area contributed by atoms with E-state index in [0.29, 0.717) is 19.5 Å². The fraction of sp³-hybridized carbons (Fsp3) is 0.368. The molecule has 3 aromatic heterocycles. The monoisotopic (exact) mass is 369 g/mol. The molecule has 26 heavy (non-hydrogen) atoms. The lowest BCUT2D eigenvalue weighted by molar-refractivity contribution is -0.129. The summed E-state index contributed by atoms with van der Waals surface area (Å²) in [4.78, 5) is 29.0. The average molecular weight is 369 g/mol. The van der Waals surface area contributed by atoms with E-state index in [2.05, 4.69) is 33.3 Å². The number of thiophene rings is 1. The minimum Gasteiger partial charge on any atom is -0.369 e. The lowest BCUT2D eigenvalue weighted by atomic mass is 10.2. The molecule has 0 bridgehead atoms. The standard InChI is InChI=1S/C19H23N5OS/c1-3-15-12-16-18(22-13-23-19(16)26-15)21-10-6-17(25)24(2)11-7-14-4-8-20-9-5-14/h4-5,8-9,12-13H,3,6-7,10-11H2,1-2H3,(H,21,22,23). The molecule has 0 saturated carbocycles. The van der Waals surface area contributed by atoms with Crippen LogP contribution >= 0.6 is 11.3 Å². The molecule has 0 spiro atoms. The van der Waals surface area contributed by atoms with Crippen LogP contribution in [0.1, 0.15) is 23.8 Å². The molecule has 0 unspecified atom stereocenters. The second-order valence-corrected chi connectivity index (χ2v) is 7.22. The topological polar surface area (TPSA) is 71.0 Å². The van der Waals surface area contributed by atoms with E-state index in [9.17, 15) is 4.79 Å². The number of likely N-dealkylation sites (N-methyl/N-ethyl adjacent to an activating group) is 1. The maximum Gasteiger partial charge on any atom is 0.224 e. The average Bonchev–Trinajstić information content (AvgIpc) is 3.11. The highest BCUT2D eigenvalue weighted by molar-refractivity contribution is 7.18. The van der Waals surface area contributed by atoms with Crippen molar-refractivity contribution in [2.24, 2.45) is 0 Å². The lowest BCUT2D eigenvalue weighted by Crippen LogP contribution is -2.30. The molecule has 0 saturated heterocycles. The van der Waals surface area contributed by atoms with Crippen molar-refractivity contribution < 1.29 is 4.79 Å². The van der Waals surface area contributed by atoms with Crippen LogP contribution in [0.5, 0.6) is 0 Å². The third-order valence-electron chi connectivity index (χ3n) is 4.27. The van der Waals surface area contributed by atoms with Crippen LogP contribution in [-0.4, -0.2) is 45.9 Å². The van der Waals surface area contributed by atoms with E-state index in [-0.39, 0.29) is 5.91 Å². The molecule has 3 aromatic rings. The number of carbonyl (C=O) groups is 1. The highest BCUT2D eigenvalue weighted by Crippen LogP contribution is 2.28. The van der Waals surface area contributed by atoms with Gasteiger partial charge in [-0.25, -0.2) is 9.97 Å². The van der Waals surface area contributed by atoms with E-state index in [1.54, 1.807) is 35.0 Å². The normalized spacial score (nSPS) is 10.8. The maximum atomic E-state index is 12.3. The second kappa shape index (κ2) is 8.71. The third kappa shape index (κ3) is 4.54. The van der Waals surface area contributed by atoms with Gasteiger partial charge in [0.25, 0.3) is 0 Å². The molecule has 1 amide bonds. The van der Waals surface area contributed by atoms with E-state index in [4.69, 9.17) is 0 Å². The number of rotatable bonds is 8. The number of carbonyl (C=O) groups excluding carboxylic acids is 1. The van der Waals surface area contributed by atoms with Gasteiger partial charge in [-0.2, -0.15) is 0 Å². The van der Waals surface area contributed by atoms with Crippen molar-refractivity contribution in [3.8, 4) is 0 Å². The number of aryl methyl sites for hydroxylation is 1. The molecule has 3 heterocycles. The van der Waals surface area contributed by atoms with Gasteiger partial charge in [0.2, 0.25) is 5.91 Å². The predicted molar refractivity (Wildman–Crippen MR) is 105 cm³/mol. The van der Waals surface area contributed by atoms with Gasteiger partial charge in [0, 0.05) is 43.8 Å². The summed E-state index contributed by atoms with van der Waals surface area (Å²) in [6, 6.07) is 6.09. The summed E-state index contributed by atoms with van der Waals surface area (Å²) in [5.41, 5.74) is 1.19. The number of fused-ring (bicyclic) bond motifs is 1. The Labute approximate surface area is 157 Å². The number of hydrogen-bond acceptors (Lipinski definition) is 6. The molecule has 3 rings (SSSR count). The molecule has 136 valence electrons. The van der Waals surface area contributed by atoms with Crippen LogP contribution in [0.2, 0.25) is 0 Å². The van der Waals surface area contributed by atoms with E-state index >= 15 is 0 Å². The van der Waals surface area contributed by atoms with Crippen LogP contribution < -0.4 is 5.32 Å². The Morgan fingerprint density at radius 2 is 2.08 bits per heavy atom. The first-order chi connectivity index (χ1) is 12.7.